The van der Waals surface area contributed by atoms with Crippen LogP contribution in [0.5, 0.6) is 0 Å². The zero-order valence-electron chi connectivity index (χ0n) is 9.66. The summed E-state index contributed by atoms with van der Waals surface area (Å²) in [6, 6.07) is 12.8. The number of aromatic amines is 1. The van der Waals surface area contributed by atoms with E-state index in [2.05, 4.69) is 47.6 Å². The summed E-state index contributed by atoms with van der Waals surface area (Å²) in [5.74, 6) is 0. The van der Waals surface area contributed by atoms with Crippen LogP contribution in [0.25, 0.3) is 11.3 Å². The SMILES string of the molecule is CCCNCc1cccc(-c2ccc[nH]2)c1. The van der Waals surface area contributed by atoms with Crippen molar-refractivity contribution < 1.29 is 0 Å². The highest BCUT2D eigenvalue weighted by Crippen LogP contribution is 2.18. The summed E-state index contributed by atoms with van der Waals surface area (Å²) in [7, 11) is 0. The molecule has 2 N–H and O–H groups in total. The molecular formula is C14H18N2. The number of rotatable bonds is 5. The van der Waals surface area contributed by atoms with Crippen LogP contribution in [-0.4, -0.2) is 11.5 Å². The molecule has 2 heteroatoms. The van der Waals surface area contributed by atoms with E-state index in [1.54, 1.807) is 0 Å². The zero-order valence-corrected chi connectivity index (χ0v) is 9.66. The predicted octanol–water partition coefficient (Wildman–Crippen LogP) is 3.18. The smallest absolute Gasteiger partial charge is 0.0453 e. The third-order valence-electron chi connectivity index (χ3n) is 2.59. The molecule has 0 saturated carbocycles. The summed E-state index contributed by atoms with van der Waals surface area (Å²) in [6.07, 6.45) is 3.13. The number of hydrogen-bond donors (Lipinski definition) is 2. The lowest BCUT2D eigenvalue weighted by Gasteiger charge is -2.05. The van der Waals surface area contributed by atoms with Gasteiger partial charge in [-0.2, -0.15) is 0 Å². The first-order chi connectivity index (χ1) is 7.90. The Balaban J connectivity index is 2.08. The van der Waals surface area contributed by atoms with Crippen LogP contribution in [0, 0.1) is 0 Å². The molecule has 1 aromatic carbocycles. The zero-order chi connectivity index (χ0) is 11.2. The van der Waals surface area contributed by atoms with Gasteiger partial charge in [0.15, 0.2) is 0 Å². The fourth-order valence-corrected chi connectivity index (χ4v) is 1.77. The maximum Gasteiger partial charge on any atom is 0.0453 e. The van der Waals surface area contributed by atoms with E-state index in [1.807, 2.05) is 12.3 Å². The van der Waals surface area contributed by atoms with Crippen molar-refractivity contribution in [3.05, 3.63) is 48.2 Å². The van der Waals surface area contributed by atoms with Gasteiger partial charge >= 0.3 is 0 Å². The van der Waals surface area contributed by atoms with Gasteiger partial charge in [0.25, 0.3) is 0 Å². The van der Waals surface area contributed by atoms with Crippen LogP contribution in [0.4, 0.5) is 0 Å². The third kappa shape index (κ3) is 2.74. The Morgan fingerprint density at radius 2 is 2.12 bits per heavy atom. The number of H-pyrrole nitrogens is 1. The highest BCUT2D eigenvalue weighted by atomic mass is 14.8. The Kier molecular flexibility index (Phi) is 3.78. The Bertz CT molecular complexity index is 418. The second kappa shape index (κ2) is 5.52. The molecule has 84 valence electrons. The van der Waals surface area contributed by atoms with Gasteiger partial charge in [-0.3, -0.25) is 0 Å². The van der Waals surface area contributed by atoms with Crippen LogP contribution in [0.1, 0.15) is 18.9 Å². The second-order valence-corrected chi connectivity index (χ2v) is 3.96. The van der Waals surface area contributed by atoms with Crippen LogP contribution < -0.4 is 5.32 Å². The molecule has 2 aromatic rings. The Morgan fingerprint density at radius 3 is 2.88 bits per heavy atom. The maximum atomic E-state index is 3.41. The van der Waals surface area contributed by atoms with Crippen LogP contribution in [0.15, 0.2) is 42.6 Å². The minimum absolute atomic E-state index is 0.947. The highest BCUT2D eigenvalue weighted by Gasteiger charge is 1.99. The van der Waals surface area contributed by atoms with E-state index in [0.717, 1.165) is 13.1 Å². The Labute approximate surface area is 96.7 Å². The fourth-order valence-electron chi connectivity index (χ4n) is 1.77. The lowest BCUT2D eigenvalue weighted by atomic mass is 10.1. The molecule has 0 aliphatic rings. The first-order valence-electron chi connectivity index (χ1n) is 5.83. The van der Waals surface area contributed by atoms with Gasteiger partial charge in [0.1, 0.15) is 0 Å². The summed E-state index contributed by atoms with van der Waals surface area (Å²) in [6.45, 7) is 4.21. The van der Waals surface area contributed by atoms with E-state index < -0.39 is 0 Å². The molecule has 2 nitrogen and oxygen atoms in total. The van der Waals surface area contributed by atoms with E-state index in [1.165, 1.54) is 23.2 Å². The Morgan fingerprint density at radius 1 is 1.19 bits per heavy atom. The molecule has 0 amide bonds. The van der Waals surface area contributed by atoms with Gasteiger partial charge < -0.3 is 10.3 Å². The van der Waals surface area contributed by atoms with E-state index in [9.17, 15) is 0 Å². The second-order valence-electron chi connectivity index (χ2n) is 3.96. The maximum absolute atomic E-state index is 3.41. The molecule has 0 spiro atoms. The molecule has 1 heterocycles. The minimum atomic E-state index is 0.947. The van der Waals surface area contributed by atoms with Gasteiger partial charge in [-0.1, -0.05) is 25.1 Å². The third-order valence-corrected chi connectivity index (χ3v) is 2.59. The first-order valence-corrected chi connectivity index (χ1v) is 5.83. The quantitative estimate of drug-likeness (QED) is 0.735. The largest absolute Gasteiger partial charge is 0.361 e. The van der Waals surface area contributed by atoms with E-state index in [4.69, 9.17) is 0 Å². The highest BCUT2D eigenvalue weighted by molar-refractivity contribution is 5.60. The van der Waals surface area contributed by atoms with Crippen molar-refractivity contribution in [2.24, 2.45) is 0 Å². The van der Waals surface area contributed by atoms with Gasteiger partial charge in [-0.05, 0) is 42.3 Å². The van der Waals surface area contributed by atoms with Gasteiger partial charge in [0.2, 0.25) is 0 Å². The van der Waals surface area contributed by atoms with Crippen molar-refractivity contribution in [1.82, 2.24) is 10.3 Å². The van der Waals surface area contributed by atoms with Crippen LogP contribution in [0.2, 0.25) is 0 Å². The van der Waals surface area contributed by atoms with E-state index in [-0.39, 0.29) is 0 Å². The molecule has 1 aromatic heterocycles. The summed E-state index contributed by atoms with van der Waals surface area (Å²) < 4.78 is 0. The molecule has 0 radical (unpaired) electrons. The fraction of sp³-hybridized carbons (Fsp3) is 0.286. The van der Waals surface area contributed by atoms with Crippen molar-refractivity contribution in [3.8, 4) is 11.3 Å². The topological polar surface area (TPSA) is 27.8 Å². The molecule has 16 heavy (non-hydrogen) atoms. The van der Waals surface area contributed by atoms with Crippen molar-refractivity contribution in [1.29, 1.82) is 0 Å². The first kappa shape index (κ1) is 11.0. The molecule has 0 bridgehead atoms. The molecule has 2 rings (SSSR count). The average Bonchev–Trinajstić information content (AvgIpc) is 2.83. The van der Waals surface area contributed by atoms with E-state index >= 15 is 0 Å². The van der Waals surface area contributed by atoms with Crippen molar-refractivity contribution in [2.45, 2.75) is 19.9 Å². The molecule has 0 saturated heterocycles. The summed E-state index contributed by atoms with van der Waals surface area (Å²) in [5.41, 5.74) is 3.76. The molecule has 0 aliphatic carbocycles. The lowest BCUT2D eigenvalue weighted by Crippen LogP contribution is -2.13. The van der Waals surface area contributed by atoms with Gasteiger partial charge in [0.05, 0.1) is 0 Å². The standard InChI is InChI=1S/C14H18N2/c1-2-8-15-11-12-5-3-6-13(10-12)14-7-4-9-16-14/h3-7,9-10,15-16H,2,8,11H2,1H3. The van der Waals surface area contributed by atoms with Gasteiger partial charge in [0, 0.05) is 18.4 Å². The Hall–Kier alpha value is -1.54. The lowest BCUT2D eigenvalue weighted by molar-refractivity contribution is 0.675. The predicted molar refractivity (Wildman–Crippen MR) is 68.2 cm³/mol. The number of hydrogen-bond acceptors (Lipinski definition) is 1. The normalized spacial score (nSPS) is 10.6. The van der Waals surface area contributed by atoms with Crippen LogP contribution in [0.3, 0.4) is 0 Å². The molecule has 0 fully saturated rings. The summed E-state index contributed by atoms with van der Waals surface area (Å²) >= 11 is 0. The number of nitrogens with one attached hydrogen (secondary N) is 2. The van der Waals surface area contributed by atoms with Crippen LogP contribution in [-0.2, 0) is 6.54 Å². The van der Waals surface area contributed by atoms with Crippen LogP contribution >= 0.6 is 0 Å². The molecule has 0 unspecified atom stereocenters. The van der Waals surface area contributed by atoms with Gasteiger partial charge in [-0.15, -0.1) is 0 Å². The number of benzene rings is 1. The summed E-state index contributed by atoms with van der Waals surface area (Å²) in [5, 5.41) is 3.41. The minimum Gasteiger partial charge on any atom is -0.361 e. The average molecular weight is 214 g/mol. The molecule has 0 aliphatic heterocycles. The van der Waals surface area contributed by atoms with E-state index in [0.29, 0.717) is 0 Å². The van der Waals surface area contributed by atoms with Gasteiger partial charge in [-0.25, -0.2) is 0 Å². The van der Waals surface area contributed by atoms with Crippen molar-refractivity contribution in [3.63, 3.8) is 0 Å². The monoisotopic (exact) mass is 214 g/mol. The molecule has 0 atom stereocenters. The van der Waals surface area contributed by atoms with Crippen molar-refractivity contribution in [2.75, 3.05) is 6.54 Å². The van der Waals surface area contributed by atoms with Crippen molar-refractivity contribution >= 4 is 0 Å². The number of aromatic nitrogens is 1. The molecular weight excluding hydrogens is 196 g/mol. The summed E-state index contributed by atoms with van der Waals surface area (Å²) in [4.78, 5) is 3.23.